The fraction of sp³-hybridized carbons (Fsp3) is 0.600. The van der Waals surface area contributed by atoms with E-state index in [1.54, 1.807) is 12.0 Å². The van der Waals surface area contributed by atoms with Crippen molar-refractivity contribution >= 4 is 23.2 Å². The van der Waals surface area contributed by atoms with E-state index in [0.717, 1.165) is 17.7 Å². The maximum absolute atomic E-state index is 12.7. The number of hydrogen-bond donors (Lipinski definition) is 2. The number of nitrogens with one attached hydrogen (secondary N) is 1. The molecule has 22 heavy (non-hydrogen) atoms. The Hall–Kier alpha value is -1.60. The molecule has 1 unspecified atom stereocenters. The van der Waals surface area contributed by atoms with Crippen LogP contribution in [0.2, 0.25) is 0 Å². The van der Waals surface area contributed by atoms with Crippen LogP contribution in [0.4, 0.5) is 0 Å². The highest BCUT2D eigenvalue weighted by Crippen LogP contribution is 2.31. The van der Waals surface area contributed by atoms with Crippen molar-refractivity contribution in [3.63, 3.8) is 0 Å². The molecule has 2 heterocycles. The van der Waals surface area contributed by atoms with Gasteiger partial charge in [0.25, 0.3) is 5.91 Å². The van der Waals surface area contributed by atoms with Crippen LogP contribution in [-0.4, -0.2) is 50.0 Å². The Morgan fingerprint density at radius 3 is 3.00 bits per heavy atom. The van der Waals surface area contributed by atoms with Gasteiger partial charge in [0.1, 0.15) is 10.6 Å². The van der Waals surface area contributed by atoms with E-state index in [2.05, 4.69) is 5.32 Å². The monoisotopic (exact) mass is 325 g/mol. The molecule has 1 aromatic rings. The molecule has 0 aliphatic carbocycles. The minimum Gasteiger partial charge on any atom is -0.495 e. The minimum absolute atomic E-state index is 0.0164. The lowest BCUT2D eigenvalue weighted by Crippen LogP contribution is -2.46. The van der Waals surface area contributed by atoms with E-state index in [9.17, 15) is 9.59 Å². The molecule has 122 valence electrons. The van der Waals surface area contributed by atoms with E-state index in [1.165, 1.54) is 11.3 Å². The quantitative estimate of drug-likeness (QED) is 0.845. The smallest absolute Gasteiger partial charge is 0.267 e. The van der Waals surface area contributed by atoms with Crippen molar-refractivity contribution < 1.29 is 14.3 Å². The molecule has 1 aliphatic heterocycles. The molecule has 1 fully saturated rings. The molecule has 1 aromatic heterocycles. The van der Waals surface area contributed by atoms with Crippen LogP contribution in [0.5, 0.6) is 5.75 Å². The van der Waals surface area contributed by atoms with Gasteiger partial charge in [-0.1, -0.05) is 0 Å². The minimum atomic E-state index is -0.156. The van der Waals surface area contributed by atoms with Crippen molar-refractivity contribution in [3.8, 4) is 5.75 Å². The first-order valence-corrected chi connectivity index (χ1v) is 8.30. The fourth-order valence-electron chi connectivity index (χ4n) is 2.65. The summed E-state index contributed by atoms with van der Waals surface area (Å²) in [6, 6.07) is 1.87. The van der Waals surface area contributed by atoms with Crippen molar-refractivity contribution in [1.29, 1.82) is 0 Å². The highest BCUT2D eigenvalue weighted by atomic mass is 32.1. The number of rotatable bonds is 5. The molecule has 1 aliphatic rings. The number of ether oxygens (including phenoxy) is 1. The number of aryl methyl sites for hydroxylation is 1. The number of nitrogens with zero attached hydrogens (tertiary/aromatic N) is 1. The first-order chi connectivity index (χ1) is 10.6. The number of likely N-dealkylation sites (tertiary alicyclic amines) is 1. The number of carbonyl (C=O) groups is 2. The lowest BCUT2D eigenvalue weighted by Gasteiger charge is -2.31. The Kier molecular flexibility index (Phi) is 5.79. The Morgan fingerprint density at radius 1 is 1.55 bits per heavy atom. The number of methoxy groups -OCH3 is 1. The van der Waals surface area contributed by atoms with E-state index in [-0.39, 0.29) is 17.7 Å². The fourth-order valence-corrected chi connectivity index (χ4v) is 3.60. The topological polar surface area (TPSA) is 84.7 Å². The van der Waals surface area contributed by atoms with Gasteiger partial charge < -0.3 is 20.7 Å². The number of nitrogens with two attached hydrogens (primary N) is 1. The molecule has 0 aromatic carbocycles. The summed E-state index contributed by atoms with van der Waals surface area (Å²) in [5, 5.41) is 2.80. The van der Waals surface area contributed by atoms with Gasteiger partial charge in [-0.25, -0.2) is 0 Å². The second-order valence-electron chi connectivity index (χ2n) is 5.42. The Labute approximate surface area is 134 Å². The van der Waals surface area contributed by atoms with E-state index in [1.807, 2.05) is 13.0 Å². The summed E-state index contributed by atoms with van der Waals surface area (Å²) in [5.41, 5.74) is 5.40. The number of carbonyl (C=O) groups excluding carboxylic acids is 2. The summed E-state index contributed by atoms with van der Waals surface area (Å²) in [4.78, 5) is 28.1. The van der Waals surface area contributed by atoms with Crippen molar-refractivity contribution in [1.82, 2.24) is 10.2 Å². The van der Waals surface area contributed by atoms with Crippen LogP contribution < -0.4 is 15.8 Å². The first-order valence-electron chi connectivity index (χ1n) is 7.48. The molecule has 1 atom stereocenters. The van der Waals surface area contributed by atoms with Gasteiger partial charge in [0, 0.05) is 31.1 Å². The van der Waals surface area contributed by atoms with Crippen molar-refractivity contribution in [2.24, 2.45) is 11.7 Å². The lowest BCUT2D eigenvalue weighted by molar-refractivity contribution is -0.126. The number of hydrogen-bond acceptors (Lipinski definition) is 5. The molecule has 0 saturated carbocycles. The van der Waals surface area contributed by atoms with Crippen LogP contribution in [0.1, 0.15) is 27.4 Å². The molecule has 0 spiro atoms. The van der Waals surface area contributed by atoms with E-state index in [4.69, 9.17) is 10.5 Å². The van der Waals surface area contributed by atoms with Crippen molar-refractivity contribution in [2.75, 3.05) is 33.3 Å². The van der Waals surface area contributed by atoms with Gasteiger partial charge in [0.05, 0.1) is 13.0 Å². The normalized spacial score (nSPS) is 18.1. The number of amides is 2. The van der Waals surface area contributed by atoms with Gasteiger partial charge >= 0.3 is 0 Å². The average Bonchev–Trinajstić information content (AvgIpc) is 2.92. The summed E-state index contributed by atoms with van der Waals surface area (Å²) >= 11 is 1.43. The third kappa shape index (κ3) is 3.78. The van der Waals surface area contributed by atoms with Crippen LogP contribution >= 0.6 is 11.3 Å². The Morgan fingerprint density at radius 2 is 2.32 bits per heavy atom. The largest absolute Gasteiger partial charge is 0.495 e. The number of piperidine rings is 1. The van der Waals surface area contributed by atoms with Crippen molar-refractivity contribution in [3.05, 3.63) is 15.8 Å². The van der Waals surface area contributed by atoms with Crippen LogP contribution in [0, 0.1) is 12.8 Å². The maximum atomic E-state index is 12.7. The summed E-state index contributed by atoms with van der Waals surface area (Å²) in [6.45, 7) is 3.98. The zero-order valence-electron chi connectivity index (χ0n) is 13.1. The summed E-state index contributed by atoms with van der Waals surface area (Å²) in [6.07, 6.45) is 1.64. The summed E-state index contributed by atoms with van der Waals surface area (Å²) < 4.78 is 5.28. The highest BCUT2D eigenvalue weighted by Gasteiger charge is 2.30. The van der Waals surface area contributed by atoms with E-state index >= 15 is 0 Å². The lowest BCUT2D eigenvalue weighted by atomic mass is 9.97. The molecular weight excluding hydrogens is 302 g/mol. The molecule has 0 bridgehead atoms. The van der Waals surface area contributed by atoms with Crippen LogP contribution in [-0.2, 0) is 4.79 Å². The highest BCUT2D eigenvalue weighted by molar-refractivity contribution is 7.14. The zero-order chi connectivity index (χ0) is 16.1. The van der Waals surface area contributed by atoms with E-state index < -0.39 is 0 Å². The molecule has 0 radical (unpaired) electrons. The average molecular weight is 325 g/mol. The van der Waals surface area contributed by atoms with E-state index in [0.29, 0.717) is 36.8 Å². The molecule has 3 N–H and O–H groups in total. The Balaban J connectivity index is 2.05. The molecule has 2 rings (SSSR count). The third-order valence-electron chi connectivity index (χ3n) is 3.76. The van der Waals surface area contributed by atoms with Crippen LogP contribution in [0.25, 0.3) is 0 Å². The zero-order valence-corrected chi connectivity index (χ0v) is 13.9. The third-order valence-corrected chi connectivity index (χ3v) is 4.78. The van der Waals surface area contributed by atoms with Gasteiger partial charge in [-0.3, -0.25) is 9.59 Å². The maximum Gasteiger partial charge on any atom is 0.267 e. The molecular formula is C15H23N3O3S. The van der Waals surface area contributed by atoms with Gasteiger partial charge in [-0.15, -0.1) is 11.3 Å². The predicted molar refractivity (Wildman–Crippen MR) is 86.3 cm³/mol. The Bertz CT molecular complexity index is 544. The molecule has 7 heteroatoms. The van der Waals surface area contributed by atoms with Gasteiger partial charge in [-0.2, -0.15) is 0 Å². The van der Waals surface area contributed by atoms with Gasteiger partial charge in [0.2, 0.25) is 5.91 Å². The van der Waals surface area contributed by atoms with Crippen LogP contribution in [0.3, 0.4) is 0 Å². The summed E-state index contributed by atoms with van der Waals surface area (Å²) in [5.74, 6) is 0.391. The standard InChI is InChI=1S/C15H23N3O3S/c1-10-8-12(21-2)13(22-10)15(20)18-7-3-4-11(9-18)14(19)17-6-5-16/h8,11H,3-7,9,16H2,1-2H3,(H,17,19). The second-order valence-corrected chi connectivity index (χ2v) is 6.68. The van der Waals surface area contributed by atoms with Crippen LogP contribution in [0.15, 0.2) is 6.07 Å². The van der Waals surface area contributed by atoms with Gasteiger partial charge in [-0.05, 0) is 25.8 Å². The molecule has 6 nitrogen and oxygen atoms in total. The second kappa shape index (κ2) is 7.60. The SMILES string of the molecule is COc1cc(C)sc1C(=O)N1CCCC(C(=O)NCCN)C1. The first kappa shape index (κ1) is 16.8. The summed E-state index contributed by atoms with van der Waals surface area (Å²) in [7, 11) is 1.57. The number of thiophene rings is 1. The molecule has 2 amide bonds. The predicted octanol–water partition coefficient (Wildman–Crippen LogP) is 0.992. The van der Waals surface area contributed by atoms with Crippen molar-refractivity contribution in [2.45, 2.75) is 19.8 Å². The van der Waals surface area contributed by atoms with Gasteiger partial charge in [0.15, 0.2) is 0 Å². The molecule has 1 saturated heterocycles.